The van der Waals surface area contributed by atoms with Crippen molar-refractivity contribution in [3.05, 3.63) is 36.4 Å². The third-order valence-corrected chi connectivity index (χ3v) is 4.76. The Morgan fingerprint density at radius 2 is 2.08 bits per heavy atom. The molecule has 0 atom stereocenters. The van der Waals surface area contributed by atoms with E-state index in [-0.39, 0.29) is 0 Å². The highest BCUT2D eigenvalue weighted by atomic mass is 16.4. The lowest BCUT2D eigenvalue weighted by atomic mass is 10.1. The van der Waals surface area contributed by atoms with Crippen molar-refractivity contribution < 1.29 is 4.42 Å². The molecule has 0 spiro atoms. The summed E-state index contributed by atoms with van der Waals surface area (Å²) in [4.78, 5) is 6.83. The first-order valence-corrected chi connectivity index (χ1v) is 9.04. The van der Waals surface area contributed by atoms with Crippen LogP contribution in [0.15, 0.2) is 35.0 Å². The van der Waals surface area contributed by atoms with E-state index in [2.05, 4.69) is 36.9 Å². The molecule has 3 aromatic rings. The molecule has 132 valence electrons. The molecule has 4 rings (SSSR count). The first kappa shape index (κ1) is 16.1. The highest BCUT2D eigenvalue weighted by molar-refractivity contribution is 5.74. The quantitative estimate of drug-likeness (QED) is 0.744. The van der Waals surface area contributed by atoms with Gasteiger partial charge in [-0.3, -0.25) is 0 Å². The monoisotopic (exact) mass is 340 g/mol. The smallest absolute Gasteiger partial charge is 0.298 e. The minimum atomic E-state index is 0.493. The second-order valence-electron chi connectivity index (χ2n) is 6.55. The number of para-hydroxylation sites is 2. The number of anilines is 1. The van der Waals surface area contributed by atoms with Crippen LogP contribution in [0.4, 0.5) is 6.01 Å². The number of nitrogens with one attached hydrogen (secondary N) is 1. The molecule has 1 N–H and O–H groups in total. The van der Waals surface area contributed by atoms with Crippen molar-refractivity contribution in [2.24, 2.45) is 0 Å². The van der Waals surface area contributed by atoms with Gasteiger partial charge in [-0.2, -0.15) is 4.98 Å². The molecule has 1 aliphatic rings. The molecule has 7 nitrogen and oxygen atoms in total. The van der Waals surface area contributed by atoms with E-state index in [1.54, 1.807) is 0 Å². The largest absolute Gasteiger partial charge is 0.423 e. The predicted molar refractivity (Wildman–Crippen MR) is 96.4 cm³/mol. The molecule has 1 saturated heterocycles. The van der Waals surface area contributed by atoms with E-state index in [1.807, 2.05) is 30.6 Å². The summed E-state index contributed by atoms with van der Waals surface area (Å²) in [6.45, 7) is 5.81. The summed E-state index contributed by atoms with van der Waals surface area (Å²) >= 11 is 0. The van der Waals surface area contributed by atoms with Crippen LogP contribution < -0.4 is 10.2 Å². The number of nitrogens with zero attached hydrogens (tertiary/aromatic N) is 5. The van der Waals surface area contributed by atoms with Crippen molar-refractivity contribution in [2.75, 3.05) is 18.0 Å². The Morgan fingerprint density at radius 1 is 1.24 bits per heavy atom. The number of oxazole rings is 1. The zero-order valence-electron chi connectivity index (χ0n) is 14.6. The number of hydrogen-bond donors (Lipinski definition) is 1. The summed E-state index contributed by atoms with van der Waals surface area (Å²) in [5.41, 5.74) is 1.78. The van der Waals surface area contributed by atoms with E-state index in [0.717, 1.165) is 68.4 Å². The van der Waals surface area contributed by atoms with Crippen LogP contribution in [0.5, 0.6) is 0 Å². The lowest BCUT2D eigenvalue weighted by Crippen LogP contribution is -2.42. The number of piperidine rings is 1. The summed E-state index contributed by atoms with van der Waals surface area (Å²) in [6, 6.07) is 9.15. The maximum atomic E-state index is 5.88. The van der Waals surface area contributed by atoms with Gasteiger partial charge < -0.3 is 19.2 Å². The average Bonchev–Trinajstić information content (AvgIpc) is 3.27. The molecule has 25 heavy (non-hydrogen) atoms. The molecule has 1 aliphatic heterocycles. The van der Waals surface area contributed by atoms with Crippen LogP contribution in [0.1, 0.15) is 32.0 Å². The summed E-state index contributed by atoms with van der Waals surface area (Å²) in [6.07, 6.45) is 5.05. The van der Waals surface area contributed by atoms with Crippen LogP contribution >= 0.6 is 0 Å². The normalized spacial score (nSPS) is 16.0. The number of rotatable bonds is 6. The standard InChI is InChI=1S/C18H24N6O/c1-2-9-24-13-20-22-17(24)12-19-14-7-10-23(11-8-14)18-21-15-5-3-4-6-16(15)25-18/h3-6,13-14,19H,2,7-12H2,1H3. The minimum Gasteiger partial charge on any atom is -0.423 e. The molecule has 7 heteroatoms. The highest BCUT2D eigenvalue weighted by Crippen LogP contribution is 2.24. The highest BCUT2D eigenvalue weighted by Gasteiger charge is 2.22. The van der Waals surface area contributed by atoms with E-state index in [1.165, 1.54) is 0 Å². The van der Waals surface area contributed by atoms with Crippen molar-refractivity contribution >= 4 is 17.1 Å². The van der Waals surface area contributed by atoms with Crippen LogP contribution in [0, 0.1) is 0 Å². The fraction of sp³-hybridized carbons (Fsp3) is 0.500. The van der Waals surface area contributed by atoms with Crippen molar-refractivity contribution in [1.29, 1.82) is 0 Å². The Kier molecular flexibility index (Phi) is 4.65. The van der Waals surface area contributed by atoms with Gasteiger partial charge in [0.25, 0.3) is 6.01 Å². The van der Waals surface area contributed by atoms with Gasteiger partial charge in [-0.25, -0.2) is 0 Å². The maximum absolute atomic E-state index is 5.88. The number of aryl methyl sites for hydroxylation is 1. The Bertz CT molecular complexity index is 785. The van der Waals surface area contributed by atoms with Gasteiger partial charge in [-0.1, -0.05) is 19.1 Å². The van der Waals surface area contributed by atoms with Gasteiger partial charge in [0, 0.05) is 25.7 Å². The molecule has 0 radical (unpaired) electrons. The van der Waals surface area contributed by atoms with E-state index in [0.29, 0.717) is 6.04 Å². The number of fused-ring (bicyclic) bond motifs is 1. The molecule has 0 saturated carbocycles. The fourth-order valence-corrected chi connectivity index (χ4v) is 3.35. The van der Waals surface area contributed by atoms with Crippen molar-refractivity contribution in [3.63, 3.8) is 0 Å². The summed E-state index contributed by atoms with van der Waals surface area (Å²) in [5.74, 6) is 1.02. The molecular weight excluding hydrogens is 316 g/mol. The van der Waals surface area contributed by atoms with Gasteiger partial charge >= 0.3 is 0 Å². The molecule has 3 heterocycles. The maximum Gasteiger partial charge on any atom is 0.298 e. The first-order chi connectivity index (χ1) is 12.3. The Morgan fingerprint density at radius 3 is 2.88 bits per heavy atom. The van der Waals surface area contributed by atoms with Gasteiger partial charge in [-0.15, -0.1) is 10.2 Å². The molecule has 1 aromatic carbocycles. The number of hydrogen-bond acceptors (Lipinski definition) is 6. The van der Waals surface area contributed by atoms with Crippen LogP contribution in [0.3, 0.4) is 0 Å². The van der Waals surface area contributed by atoms with Crippen LogP contribution in [-0.2, 0) is 13.1 Å². The van der Waals surface area contributed by atoms with Gasteiger partial charge in [0.2, 0.25) is 0 Å². The Labute approximate surface area is 147 Å². The summed E-state index contributed by atoms with van der Waals surface area (Å²) in [5, 5.41) is 11.9. The minimum absolute atomic E-state index is 0.493. The lowest BCUT2D eigenvalue weighted by molar-refractivity contribution is 0.392. The van der Waals surface area contributed by atoms with E-state index < -0.39 is 0 Å². The third kappa shape index (κ3) is 3.51. The summed E-state index contributed by atoms with van der Waals surface area (Å²) < 4.78 is 8.00. The molecule has 0 amide bonds. The molecule has 0 bridgehead atoms. The lowest BCUT2D eigenvalue weighted by Gasteiger charge is -2.31. The van der Waals surface area contributed by atoms with Crippen LogP contribution in [0.2, 0.25) is 0 Å². The molecular formula is C18H24N6O. The van der Waals surface area contributed by atoms with Gasteiger partial charge in [0.1, 0.15) is 17.7 Å². The summed E-state index contributed by atoms with van der Waals surface area (Å²) in [7, 11) is 0. The average molecular weight is 340 g/mol. The second kappa shape index (κ2) is 7.23. The van der Waals surface area contributed by atoms with Crippen LogP contribution in [0.25, 0.3) is 11.1 Å². The molecule has 0 unspecified atom stereocenters. The number of aromatic nitrogens is 4. The first-order valence-electron chi connectivity index (χ1n) is 9.04. The van der Waals surface area contributed by atoms with Crippen molar-refractivity contribution in [2.45, 2.75) is 45.3 Å². The van der Waals surface area contributed by atoms with Crippen molar-refractivity contribution in [1.82, 2.24) is 25.1 Å². The van der Waals surface area contributed by atoms with E-state index in [4.69, 9.17) is 4.42 Å². The zero-order valence-corrected chi connectivity index (χ0v) is 14.6. The molecule has 2 aromatic heterocycles. The van der Waals surface area contributed by atoms with Gasteiger partial charge in [0.15, 0.2) is 5.58 Å². The van der Waals surface area contributed by atoms with Gasteiger partial charge in [0.05, 0.1) is 6.54 Å². The molecule has 1 fully saturated rings. The topological polar surface area (TPSA) is 72.0 Å². The predicted octanol–water partition coefficient (Wildman–Crippen LogP) is 2.59. The van der Waals surface area contributed by atoms with E-state index in [9.17, 15) is 0 Å². The molecule has 0 aliphatic carbocycles. The van der Waals surface area contributed by atoms with Gasteiger partial charge in [-0.05, 0) is 31.4 Å². The third-order valence-electron chi connectivity index (χ3n) is 4.76. The Balaban J connectivity index is 1.31. The number of benzene rings is 1. The Hall–Kier alpha value is -2.41. The van der Waals surface area contributed by atoms with Crippen LogP contribution in [-0.4, -0.2) is 38.9 Å². The SMILES string of the molecule is CCCn1cnnc1CNC1CCN(c2nc3ccccc3o2)CC1. The second-order valence-corrected chi connectivity index (χ2v) is 6.55. The van der Waals surface area contributed by atoms with Crippen molar-refractivity contribution in [3.8, 4) is 0 Å². The van der Waals surface area contributed by atoms with E-state index >= 15 is 0 Å². The zero-order chi connectivity index (χ0) is 17.1. The fourth-order valence-electron chi connectivity index (χ4n) is 3.35.